The zero-order chi connectivity index (χ0) is 16.9. The molecule has 1 aromatic heterocycles. The van der Waals surface area contributed by atoms with Gasteiger partial charge in [-0.1, -0.05) is 24.3 Å². The molecule has 2 aromatic rings. The number of hydrogen-bond acceptors (Lipinski definition) is 5. The third-order valence-electron chi connectivity index (χ3n) is 4.07. The van der Waals surface area contributed by atoms with E-state index in [0.717, 1.165) is 35.9 Å². The second-order valence-corrected chi connectivity index (χ2v) is 6.62. The first-order valence-electron chi connectivity index (χ1n) is 7.80. The number of carbonyl (C=O) groups is 2. The molecule has 2 heterocycles. The quantitative estimate of drug-likeness (QED) is 0.889. The predicted molar refractivity (Wildman–Crippen MR) is 95.5 cm³/mol. The maximum atomic E-state index is 12.1. The fraction of sp³-hybridized carbons (Fsp3) is 0.353. The molecular weight excluding hydrogens is 326 g/mol. The molecule has 1 saturated heterocycles. The third kappa shape index (κ3) is 3.79. The van der Waals surface area contributed by atoms with Crippen LogP contribution < -0.4 is 4.90 Å². The molecule has 1 aliphatic heterocycles. The molecular formula is C17H19N3O3S. The number of amides is 1. The molecule has 0 saturated carbocycles. The predicted octanol–water partition coefficient (Wildman–Crippen LogP) is 1.70. The second kappa shape index (κ2) is 7.53. The molecule has 6 nitrogen and oxygen atoms in total. The summed E-state index contributed by atoms with van der Waals surface area (Å²) in [5.74, 6) is -0.687. The number of thioether (sulfide) groups is 1. The summed E-state index contributed by atoms with van der Waals surface area (Å²) in [5, 5.41) is 10.9. The van der Waals surface area contributed by atoms with Gasteiger partial charge in [0, 0.05) is 43.1 Å². The largest absolute Gasteiger partial charge is 0.481 e. The number of nitrogens with zero attached hydrogens (tertiary/aromatic N) is 3. The van der Waals surface area contributed by atoms with Gasteiger partial charge in [-0.15, -0.1) is 11.8 Å². The van der Waals surface area contributed by atoms with Crippen LogP contribution in [0.5, 0.6) is 0 Å². The first-order chi connectivity index (χ1) is 11.6. The van der Waals surface area contributed by atoms with Crippen LogP contribution in [-0.4, -0.2) is 64.6 Å². The number of piperazine rings is 1. The van der Waals surface area contributed by atoms with E-state index in [-0.39, 0.29) is 17.4 Å². The molecule has 1 aromatic carbocycles. The molecule has 0 unspecified atom stereocenters. The van der Waals surface area contributed by atoms with E-state index in [4.69, 9.17) is 5.11 Å². The minimum absolute atomic E-state index is 0.0111. The Kier molecular flexibility index (Phi) is 5.20. The van der Waals surface area contributed by atoms with Gasteiger partial charge in [-0.25, -0.2) is 0 Å². The Morgan fingerprint density at radius 1 is 1.08 bits per heavy atom. The van der Waals surface area contributed by atoms with Crippen molar-refractivity contribution in [3.05, 3.63) is 36.7 Å². The van der Waals surface area contributed by atoms with Crippen LogP contribution in [0, 0.1) is 0 Å². The van der Waals surface area contributed by atoms with Crippen LogP contribution in [0.2, 0.25) is 0 Å². The van der Waals surface area contributed by atoms with Crippen LogP contribution >= 0.6 is 11.8 Å². The van der Waals surface area contributed by atoms with Crippen LogP contribution in [0.1, 0.15) is 0 Å². The van der Waals surface area contributed by atoms with Crippen molar-refractivity contribution >= 4 is 40.1 Å². The maximum Gasteiger partial charge on any atom is 0.313 e. The number of hydrogen-bond donors (Lipinski definition) is 1. The Morgan fingerprint density at radius 3 is 2.58 bits per heavy atom. The van der Waals surface area contributed by atoms with Gasteiger partial charge in [0.15, 0.2) is 0 Å². The van der Waals surface area contributed by atoms with Crippen molar-refractivity contribution in [1.82, 2.24) is 9.88 Å². The highest BCUT2D eigenvalue weighted by Crippen LogP contribution is 2.26. The minimum atomic E-state index is -0.888. The Hall–Kier alpha value is -2.28. The molecule has 1 aliphatic rings. The summed E-state index contributed by atoms with van der Waals surface area (Å²) in [6, 6.07) is 8.15. The molecule has 1 fully saturated rings. The van der Waals surface area contributed by atoms with Gasteiger partial charge in [-0.2, -0.15) is 0 Å². The highest BCUT2D eigenvalue weighted by Gasteiger charge is 2.22. The summed E-state index contributed by atoms with van der Waals surface area (Å²) in [6.07, 6.45) is 3.74. The summed E-state index contributed by atoms with van der Waals surface area (Å²) in [5.41, 5.74) is 1.10. The minimum Gasteiger partial charge on any atom is -0.481 e. The van der Waals surface area contributed by atoms with Crippen molar-refractivity contribution in [3.8, 4) is 0 Å². The number of anilines is 1. The highest BCUT2D eigenvalue weighted by atomic mass is 32.2. The first-order valence-corrected chi connectivity index (χ1v) is 8.95. The fourth-order valence-corrected chi connectivity index (χ4v) is 3.50. The summed E-state index contributed by atoms with van der Waals surface area (Å²) in [6.45, 7) is 2.81. The van der Waals surface area contributed by atoms with Gasteiger partial charge in [0.2, 0.25) is 5.91 Å². The van der Waals surface area contributed by atoms with Crippen LogP contribution in [-0.2, 0) is 9.59 Å². The number of carboxylic acid groups (broad SMARTS) is 1. The van der Waals surface area contributed by atoms with Crippen molar-refractivity contribution < 1.29 is 14.7 Å². The molecule has 126 valence electrons. The number of pyridine rings is 1. The number of aromatic nitrogens is 1. The van der Waals surface area contributed by atoms with E-state index in [2.05, 4.69) is 16.0 Å². The molecule has 7 heteroatoms. The summed E-state index contributed by atoms with van der Waals surface area (Å²) >= 11 is 1.15. The SMILES string of the molecule is O=C(O)CSCC(=O)N1CCN(c2cncc3ccccc23)CC1. The Balaban J connectivity index is 1.60. The Morgan fingerprint density at radius 2 is 1.83 bits per heavy atom. The molecule has 1 N–H and O–H groups in total. The maximum absolute atomic E-state index is 12.1. The molecule has 3 rings (SSSR count). The van der Waals surface area contributed by atoms with Crippen LogP contribution in [0.4, 0.5) is 5.69 Å². The van der Waals surface area contributed by atoms with E-state index in [9.17, 15) is 9.59 Å². The molecule has 0 spiro atoms. The van der Waals surface area contributed by atoms with Crippen molar-refractivity contribution in [1.29, 1.82) is 0 Å². The molecule has 1 amide bonds. The first kappa shape index (κ1) is 16.6. The Bertz CT molecular complexity index is 739. The number of carbonyl (C=O) groups excluding carboxylic acids is 1. The van der Waals surface area contributed by atoms with Gasteiger partial charge in [0.25, 0.3) is 0 Å². The number of aliphatic carboxylic acids is 1. The topological polar surface area (TPSA) is 73.7 Å². The van der Waals surface area contributed by atoms with Crippen LogP contribution in [0.25, 0.3) is 10.8 Å². The number of benzene rings is 1. The van der Waals surface area contributed by atoms with E-state index in [1.54, 1.807) is 0 Å². The van der Waals surface area contributed by atoms with Gasteiger partial charge in [0.05, 0.1) is 23.4 Å². The summed E-state index contributed by atoms with van der Waals surface area (Å²) < 4.78 is 0. The molecule has 24 heavy (non-hydrogen) atoms. The lowest BCUT2D eigenvalue weighted by Gasteiger charge is -2.36. The summed E-state index contributed by atoms with van der Waals surface area (Å²) in [7, 11) is 0. The lowest BCUT2D eigenvalue weighted by molar-refractivity contribution is -0.133. The van der Waals surface area contributed by atoms with Crippen LogP contribution in [0.3, 0.4) is 0 Å². The van der Waals surface area contributed by atoms with E-state index >= 15 is 0 Å². The molecule has 0 radical (unpaired) electrons. The number of fused-ring (bicyclic) bond motifs is 1. The second-order valence-electron chi connectivity index (χ2n) is 5.63. The standard InChI is InChI=1S/C17H19N3O3S/c21-16(11-24-12-17(22)23)20-7-5-19(6-8-20)15-10-18-9-13-3-1-2-4-14(13)15/h1-4,9-10H,5-8,11-12H2,(H,22,23). The normalized spacial score (nSPS) is 14.8. The van der Waals surface area contributed by atoms with Gasteiger partial charge in [-0.3, -0.25) is 14.6 Å². The molecule has 0 atom stereocenters. The van der Waals surface area contributed by atoms with Gasteiger partial charge in [-0.05, 0) is 0 Å². The van der Waals surface area contributed by atoms with Crippen molar-refractivity contribution in [3.63, 3.8) is 0 Å². The summed E-state index contributed by atoms with van der Waals surface area (Å²) in [4.78, 5) is 31.0. The van der Waals surface area contributed by atoms with Crippen molar-refractivity contribution in [2.75, 3.05) is 42.6 Å². The highest BCUT2D eigenvalue weighted by molar-refractivity contribution is 8.00. The monoisotopic (exact) mass is 345 g/mol. The average molecular weight is 345 g/mol. The fourth-order valence-electron chi connectivity index (χ4n) is 2.87. The lowest BCUT2D eigenvalue weighted by atomic mass is 10.1. The third-order valence-corrected chi connectivity index (χ3v) is 4.97. The smallest absolute Gasteiger partial charge is 0.313 e. The number of carboxylic acids is 1. The van der Waals surface area contributed by atoms with E-state index in [1.165, 1.54) is 5.39 Å². The number of rotatable bonds is 5. The van der Waals surface area contributed by atoms with Gasteiger partial charge in [0.1, 0.15) is 0 Å². The van der Waals surface area contributed by atoms with Gasteiger partial charge < -0.3 is 14.9 Å². The lowest BCUT2D eigenvalue weighted by Crippen LogP contribution is -2.49. The molecule has 0 bridgehead atoms. The van der Waals surface area contributed by atoms with E-state index in [1.807, 2.05) is 35.5 Å². The van der Waals surface area contributed by atoms with Crippen LogP contribution in [0.15, 0.2) is 36.7 Å². The zero-order valence-corrected chi connectivity index (χ0v) is 14.0. The van der Waals surface area contributed by atoms with E-state index < -0.39 is 5.97 Å². The average Bonchev–Trinajstić information content (AvgIpc) is 2.61. The van der Waals surface area contributed by atoms with E-state index in [0.29, 0.717) is 13.1 Å². The van der Waals surface area contributed by atoms with Crippen molar-refractivity contribution in [2.45, 2.75) is 0 Å². The molecule has 0 aliphatic carbocycles. The van der Waals surface area contributed by atoms with Gasteiger partial charge >= 0.3 is 5.97 Å². The zero-order valence-electron chi connectivity index (χ0n) is 13.2. The van der Waals surface area contributed by atoms with Crippen molar-refractivity contribution in [2.24, 2.45) is 0 Å². The Labute approximate surface area is 144 Å².